The Labute approximate surface area is 63.5 Å². The zero-order valence-corrected chi connectivity index (χ0v) is 7.20. The summed E-state index contributed by atoms with van der Waals surface area (Å²) in [6, 6.07) is 0. The van der Waals surface area contributed by atoms with Gasteiger partial charge in [0.15, 0.2) is 0 Å². The van der Waals surface area contributed by atoms with Gasteiger partial charge in [-0.05, 0) is 30.0 Å². The highest BCUT2D eigenvalue weighted by Crippen LogP contribution is 2.29. The number of nitrogens with one attached hydrogen (secondary N) is 1. The number of hydrogen-bond donors (Lipinski definition) is 1. The minimum absolute atomic E-state index is 0.368. The van der Waals surface area contributed by atoms with E-state index in [4.69, 9.17) is 0 Å². The van der Waals surface area contributed by atoms with E-state index in [0.29, 0.717) is 5.41 Å². The van der Waals surface area contributed by atoms with Crippen LogP contribution in [0.1, 0.15) is 33.6 Å². The van der Waals surface area contributed by atoms with E-state index >= 15 is 0 Å². The highest BCUT2D eigenvalue weighted by molar-refractivity contribution is 5.11. The average Bonchev–Trinajstić information content (AvgIpc) is 1.88. The molecule has 0 spiro atoms. The molecule has 10 heavy (non-hydrogen) atoms. The third kappa shape index (κ3) is 1.76. The molecule has 0 fully saturated rings. The second-order valence-corrected chi connectivity index (χ2v) is 3.98. The molecule has 1 aliphatic rings. The molecule has 1 nitrogen and oxygen atoms in total. The minimum Gasteiger partial charge on any atom is -0.391 e. The van der Waals surface area contributed by atoms with Crippen molar-refractivity contribution < 1.29 is 0 Å². The molecule has 0 aromatic carbocycles. The van der Waals surface area contributed by atoms with Gasteiger partial charge in [-0.15, -0.1) is 0 Å². The molecule has 1 aliphatic heterocycles. The Morgan fingerprint density at radius 2 is 2.10 bits per heavy atom. The van der Waals surface area contributed by atoms with Crippen molar-refractivity contribution in [3.8, 4) is 0 Å². The number of rotatable bonds is 0. The van der Waals surface area contributed by atoms with Crippen LogP contribution >= 0.6 is 0 Å². The van der Waals surface area contributed by atoms with Crippen LogP contribution in [0, 0.1) is 5.41 Å². The lowest BCUT2D eigenvalue weighted by atomic mass is 9.83. The van der Waals surface area contributed by atoms with Gasteiger partial charge in [0.05, 0.1) is 0 Å². The van der Waals surface area contributed by atoms with E-state index in [1.165, 1.54) is 12.8 Å². The van der Waals surface area contributed by atoms with Crippen molar-refractivity contribution in [3.05, 3.63) is 11.8 Å². The first-order valence-electron chi connectivity index (χ1n) is 4.03. The maximum Gasteiger partial charge on any atom is 0.0144 e. The summed E-state index contributed by atoms with van der Waals surface area (Å²) in [5, 5.41) is 3.28. The van der Waals surface area contributed by atoms with Crippen molar-refractivity contribution in [2.45, 2.75) is 33.6 Å². The summed E-state index contributed by atoms with van der Waals surface area (Å²) in [5.41, 5.74) is 1.92. The lowest BCUT2D eigenvalue weighted by Crippen LogP contribution is -2.20. The number of hydrogen-bond acceptors (Lipinski definition) is 1. The van der Waals surface area contributed by atoms with Crippen molar-refractivity contribution in [3.63, 3.8) is 0 Å². The van der Waals surface area contributed by atoms with E-state index < -0.39 is 0 Å². The molecule has 0 radical (unpaired) electrons. The average molecular weight is 139 g/mol. The maximum absolute atomic E-state index is 3.28. The summed E-state index contributed by atoms with van der Waals surface area (Å²) >= 11 is 0. The van der Waals surface area contributed by atoms with Gasteiger partial charge in [0, 0.05) is 6.54 Å². The third-order valence-electron chi connectivity index (χ3n) is 2.01. The normalized spacial score (nSPS) is 19.7. The lowest BCUT2D eigenvalue weighted by molar-refractivity contribution is 0.459. The van der Waals surface area contributed by atoms with Gasteiger partial charge in [-0.1, -0.05) is 20.8 Å². The first-order chi connectivity index (χ1) is 4.61. The van der Waals surface area contributed by atoms with Crippen LogP contribution in [0.15, 0.2) is 11.8 Å². The van der Waals surface area contributed by atoms with Crippen molar-refractivity contribution in [1.82, 2.24) is 5.32 Å². The largest absolute Gasteiger partial charge is 0.391 e. The molecule has 0 saturated heterocycles. The predicted octanol–water partition coefficient (Wildman–Crippen LogP) is 2.30. The van der Waals surface area contributed by atoms with Crippen LogP contribution < -0.4 is 5.32 Å². The highest BCUT2D eigenvalue weighted by Gasteiger charge is 2.17. The van der Waals surface area contributed by atoms with Gasteiger partial charge in [-0.2, -0.15) is 0 Å². The Morgan fingerprint density at radius 1 is 1.40 bits per heavy atom. The van der Waals surface area contributed by atoms with Crippen LogP contribution in [-0.2, 0) is 0 Å². The van der Waals surface area contributed by atoms with E-state index in [2.05, 4.69) is 32.3 Å². The topological polar surface area (TPSA) is 12.0 Å². The molecule has 0 unspecified atom stereocenters. The van der Waals surface area contributed by atoms with Gasteiger partial charge in [0.25, 0.3) is 0 Å². The van der Waals surface area contributed by atoms with Gasteiger partial charge in [-0.25, -0.2) is 0 Å². The van der Waals surface area contributed by atoms with Crippen molar-refractivity contribution in [1.29, 1.82) is 0 Å². The Bertz CT molecular complexity index is 139. The second-order valence-electron chi connectivity index (χ2n) is 3.98. The van der Waals surface area contributed by atoms with Gasteiger partial charge in [-0.3, -0.25) is 0 Å². The van der Waals surface area contributed by atoms with Crippen molar-refractivity contribution in [2.75, 3.05) is 6.54 Å². The molecular weight excluding hydrogens is 122 g/mol. The van der Waals surface area contributed by atoms with Crippen molar-refractivity contribution >= 4 is 0 Å². The molecule has 0 aromatic rings. The van der Waals surface area contributed by atoms with Crippen LogP contribution in [0.5, 0.6) is 0 Å². The van der Waals surface area contributed by atoms with E-state index in [0.717, 1.165) is 6.54 Å². The fraction of sp³-hybridized carbons (Fsp3) is 0.778. The molecule has 1 heteroatoms. The fourth-order valence-corrected chi connectivity index (χ4v) is 1.24. The van der Waals surface area contributed by atoms with Crippen molar-refractivity contribution in [2.24, 2.45) is 5.41 Å². The lowest BCUT2D eigenvalue weighted by Gasteiger charge is -2.26. The zero-order valence-electron chi connectivity index (χ0n) is 7.20. The van der Waals surface area contributed by atoms with Crippen LogP contribution in [-0.4, -0.2) is 6.54 Å². The van der Waals surface area contributed by atoms with E-state index in [1.807, 2.05) is 0 Å². The van der Waals surface area contributed by atoms with Crippen LogP contribution in [0.25, 0.3) is 0 Å². The maximum atomic E-state index is 3.28. The predicted molar refractivity (Wildman–Crippen MR) is 44.8 cm³/mol. The van der Waals surface area contributed by atoms with Gasteiger partial charge >= 0.3 is 0 Å². The monoisotopic (exact) mass is 139 g/mol. The Morgan fingerprint density at radius 3 is 2.40 bits per heavy atom. The van der Waals surface area contributed by atoms with Crippen LogP contribution in [0.2, 0.25) is 0 Å². The third-order valence-corrected chi connectivity index (χ3v) is 2.01. The summed E-state index contributed by atoms with van der Waals surface area (Å²) in [6.45, 7) is 7.96. The molecule has 0 amide bonds. The molecule has 0 bridgehead atoms. The van der Waals surface area contributed by atoms with Gasteiger partial charge < -0.3 is 5.32 Å². The summed E-state index contributed by atoms with van der Waals surface area (Å²) in [4.78, 5) is 0. The molecule has 0 saturated carbocycles. The minimum atomic E-state index is 0.368. The summed E-state index contributed by atoms with van der Waals surface area (Å²) < 4.78 is 0. The Kier molecular flexibility index (Phi) is 2.02. The Hall–Kier alpha value is -0.460. The van der Waals surface area contributed by atoms with Gasteiger partial charge in [0.2, 0.25) is 0 Å². The van der Waals surface area contributed by atoms with Gasteiger partial charge in [0.1, 0.15) is 0 Å². The Balaban J connectivity index is 2.62. The van der Waals surface area contributed by atoms with E-state index in [-0.39, 0.29) is 0 Å². The van der Waals surface area contributed by atoms with E-state index in [9.17, 15) is 0 Å². The molecule has 0 aromatic heterocycles. The quantitative estimate of drug-likeness (QED) is 0.543. The zero-order chi connectivity index (χ0) is 7.61. The molecule has 1 rings (SSSR count). The summed E-state index contributed by atoms with van der Waals surface area (Å²) in [5.74, 6) is 0. The standard InChI is InChI=1S/C9H17N/c1-9(2,3)8-5-4-6-10-7-8/h7,10H,4-6H2,1-3H3. The molecule has 58 valence electrons. The molecule has 0 atom stereocenters. The number of allylic oxidation sites excluding steroid dienone is 1. The molecular formula is C9H17N. The molecule has 0 aliphatic carbocycles. The van der Waals surface area contributed by atoms with Crippen LogP contribution in [0.4, 0.5) is 0 Å². The molecule has 1 N–H and O–H groups in total. The first-order valence-corrected chi connectivity index (χ1v) is 4.03. The van der Waals surface area contributed by atoms with E-state index in [1.54, 1.807) is 5.57 Å². The summed E-state index contributed by atoms with van der Waals surface area (Å²) in [6.07, 6.45) is 4.75. The first kappa shape index (κ1) is 7.64. The van der Waals surface area contributed by atoms with Crippen LogP contribution in [0.3, 0.4) is 0 Å². The second kappa shape index (κ2) is 2.65. The summed E-state index contributed by atoms with van der Waals surface area (Å²) in [7, 11) is 0. The molecule has 1 heterocycles. The fourth-order valence-electron chi connectivity index (χ4n) is 1.24. The highest BCUT2D eigenvalue weighted by atomic mass is 14.8. The SMILES string of the molecule is CC(C)(C)C1=CNCCC1. The smallest absolute Gasteiger partial charge is 0.0144 e.